The van der Waals surface area contributed by atoms with Gasteiger partial charge in [-0.25, -0.2) is 8.42 Å². The van der Waals surface area contributed by atoms with Crippen molar-refractivity contribution in [3.05, 3.63) is 17.0 Å². The van der Waals surface area contributed by atoms with E-state index in [0.717, 1.165) is 11.4 Å². The summed E-state index contributed by atoms with van der Waals surface area (Å²) in [5, 5.41) is 12.9. The summed E-state index contributed by atoms with van der Waals surface area (Å²) in [4.78, 5) is 0.997. The summed E-state index contributed by atoms with van der Waals surface area (Å²) in [5.74, 6) is 0.216. The molecule has 0 radical (unpaired) electrons. The normalized spacial score (nSPS) is 31.8. The molecule has 2 saturated heterocycles. The summed E-state index contributed by atoms with van der Waals surface area (Å²) in [6.07, 6.45) is 0. The van der Waals surface area contributed by atoms with Crippen molar-refractivity contribution in [3.8, 4) is 0 Å². The Labute approximate surface area is 117 Å². The topological polar surface area (TPSA) is 69.6 Å². The first-order chi connectivity index (χ1) is 8.98. The number of rotatable bonds is 3. The summed E-state index contributed by atoms with van der Waals surface area (Å²) in [7, 11) is -3.40. The monoisotopic (exact) mass is 302 g/mol. The number of sulfonamides is 1. The fourth-order valence-electron chi connectivity index (χ4n) is 3.06. The molecule has 1 aromatic heterocycles. The van der Waals surface area contributed by atoms with Crippen LogP contribution in [0.2, 0.25) is 0 Å². The van der Waals surface area contributed by atoms with Gasteiger partial charge < -0.3 is 10.4 Å². The van der Waals surface area contributed by atoms with Gasteiger partial charge >= 0.3 is 0 Å². The van der Waals surface area contributed by atoms with Gasteiger partial charge in [0, 0.05) is 29.9 Å². The van der Waals surface area contributed by atoms with Crippen molar-refractivity contribution >= 4 is 21.4 Å². The number of aliphatic hydroxyl groups is 1. The van der Waals surface area contributed by atoms with E-state index in [4.69, 9.17) is 0 Å². The molecule has 0 spiro atoms. The lowest BCUT2D eigenvalue weighted by molar-refractivity contribution is 0.130. The Morgan fingerprint density at radius 1 is 1.58 bits per heavy atom. The molecule has 3 rings (SSSR count). The number of nitrogens with one attached hydrogen (secondary N) is 1. The van der Waals surface area contributed by atoms with Crippen molar-refractivity contribution in [1.82, 2.24) is 9.62 Å². The molecule has 2 fully saturated rings. The highest BCUT2D eigenvalue weighted by atomic mass is 32.2. The molecule has 0 saturated carbocycles. The average Bonchev–Trinajstić information content (AvgIpc) is 3.01. The number of nitrogens with zero attached hydrogens (tertiary/aromatic N) is 1. The second kappa shape index (κ2) is 4.53. The van der Waals surface area contributed by atoms with Crippen molar-refractivity contribution in [2.45, 2.75) is 11.1 Å². The Bertz CT molecular complexity index is 584. The van der Waals surface area contributed by atoms with Crippen molar-refractivity contribution < 1.29 is 13.5 Å². The second-order valence-electron chi connectivity index (χ2n) is 5.51. The lowest BCUT2D eigenvalue weighted by atomic mass is 9.82. The van der Waals surface area contributed by atoms with Gasteiger partial charge in [-0.05, 0) is 31.5 Å². The molecule has 0 amide bonds. The van der Waals surface area contributed by atoms with E-state index in [1.165, 1.54) is 11.3 Å². The molecule has 2 atom stereocenters. The van der Waals surface area contributed by atoms with E-state index in [-0.39, 0.29) is 17.9 Å². The van der Waals surface area contributed by atoms with Crippen LogP contribution in [0.25, 0.3) is 0 Å². The van der Waals surface area contributed by atoms with Crippen LogP contribution in [-0.2, 0) is 10.0 Å². The highest BCUT2D eigenvalue weighted by molar-refractivity contribution is 7.91. The predicted molar refractivity (Wildman–Crippen MR) is 73.7 cm³/mol. The van der Waals surface area contributed by atoms with Crippen LogP contribution in [-0.4, -0.2) is 50.6 Å². The number of fused-ring (bicyclic) bond motifs is 1. The van der Waals surface area contributed by atoms with E-state index in [2.05, 4.69) is 5.32 Å². The minimum atomic E-state index is -3.40. The number of hydrogen-bond acceptors (Lipinski definition) is 5. The fraction of sp³-hybridized carbons (Fsp3) is 0.667. The zero-order chi connectivity index (χ0) is 13.7. The van der Waals surface area contributed by atoms with E-state index in [1.54, 1.807) is 10.4 Å². The van der Waals surface area contributed by atoms with Crippen LogP contribution in [0.4, 0.5) is 0 Å². The highest BCUT2D eigenvalue weighted by Gasteiger charge is 2.52. The molecule has 2 N–H and O–H groups in total. The lowest BCUT2D eigenvalue weighted by Crippen LogP contribution is -2.37. The van der Waals surface area contributed by atoms with Crippen molar-refractivity contribution in [1.29, 1.82) is 0 Å². The Morgan fingerprint density at radius 3 is 2.95 bits per heavy atom. The first kappa shape index (κ1) is 13.5. The van der Waals surface area contributed by atoms with Gasteiger partial charge in [-0.1, -0.05) is 0 Å². The Balaban J connectivity index is 1.89. The standard InChI is InChI=1S/C12H18N2O3S2/c1-9-2-3-11(18-9)19(16,17)14-5-10-4-13-6-12(10,7-14)8-15/h2-3,10,13,15H,4-8H2,1H3. The zero-order valence-corrected chi connectivity index (χ0v) is 12.4. The molecule has 0 aromatic carbocycles. The van der Waals surface area contributed by atoms with E-state index >= 15 is 0 Å². The molecule has 2 aliphatic rings. The van der Waals surface area contributed by atoms with Gasteiger partial charge in [-0.15, -0.1) is 11.3 Å². The van der Waals surface area contributed by atoms with Crippen molar-refractivity contribution in [2.24, 2.45) is 11.3 Å². The molecule has 0 bridgehead atoms. The van der Waals surface area contributed by atoms with Gasteiger partial charge in [0.15, 0.2) is 0 Å². The first-order valence-electron chi connectivity index (χ1n) is 6.36. The largest absolute Gasteiger partial charge is 0.396 e. The molecular weight excluding hydrogens is 284 g/mol. The molecule has 1 aromatic rings. The van der Waals surface area contributed by atoms with E-state index < -0.39 is 10.0 Å². The molecule has 5 nitrogen and oxygen atoms in total. The number of hydrogen-bond donors (Lipinski definition) is 2. The summed E-state index contributed by atoms with van der Waals surface area (Å²) in [6, 6.07) is 3.51. The SMILES string of the molecule is Cc1ccc(S(=O)(=O)N2CC3CNCC3(CO)C2)s1. The lowest BCUT2D eigenvalue weighted by Gasteiger charge is -2.24. The third kappa shape index (κ3) is 2.04. The van der Waals surface area contributed by atoms with Gasteiger partial charge in [-0.3, -0.25) is 0 Å². The van der Waals surface area contributed by atoms with Crippen LogP contribution in [0, 0.1) is 18.3 Å². The van der Waals surface area contributed by atoms with E-state index in [9.17, 15) is 13.5 Å². The van der Waals surface area contributed by atoms with Gasteiger partial charge in [0.2, 0.25) is 0 Å². The van der Waals surface area contributed by atoms with Crippen LogP contribution < -0.4 is 5.32 Å². The Kier molecular flexibility index (Phi) is 3.22. The maximum absolute atomic E-state index is 12.6. The summed E-state index contributed by atoms with van der Waals surface area (Å²) in [5.41, 5.74) is -0.292. The van der Waals surface area contributed by atoms with Crippen LogP contribution >= 0.6 is 11.3 Å². The smallest absolute Gasteiger partial charge is 0.252 e. The minimum absolute atomic E-state index is 0.0418. The number of aliphatic hydroxyl groups excluding tert-OH is 1. The van der Waals surface area contributed by atoms with E-state index in [0.29, 0.717) is 23.8 Å². The molecule has 2 unspecified atom stereocenters. The van der Waals surface area contributed by atoms with Crippen LogP contribution in [0.1, 0.15) is 4.88 Å². The molecule has 2 aliphatic heterocycles. The number of thiophene rings is 1. The van der Waals surface area contributed by atoms with Gasteiger partial charge in [-0.2, -0.15) is 4.31 Å². The molecule has 7 heteroatoms. The first-order valence-corrected chi connectivity index (χ1v) is 8.62. The summed E-state index contributed by atoms with van der Waals surface area (Å²) < 4.78 is 27.1. The van der Waals surface area contributed by atoms with Gasteiger partial charge in [0.25, 0.3) is 10.0 Å². The third-order valence-electron chi connectivity index (χ3n) is 4.27. The molecule has 3 heterocycles. The Hall–Kier alpha value is -0.470. The zero-order valence-electron chi connectivity index (χ0n) is 10.8. The second-order valence-corrected chi connectivity index (χ2v) is 8.96. The number of aryl methyl sites for hydroxylation is 1. The van der Waals surface area contributed by atoms with Crippen LogP contribution in [0.3, 0.4) is 0 Å². The molecule has 0 aliphatic carbocycles. The summed E-state index contributed by atoms with van der Waals surface area (Å²) >= 11 is 1.31. The highest BCUT2D eigenvalue weighted by Crippen LogP contribution is 2.41. The summed E-state index contributed by atoms with van der Waals surface area (Å²) in [6.45, 7) is 4.36. The van der Waals surface area contributed by atoms with E-state index in [1.807, 2.05) is 13.0 Å². The van der Waals surface area contributed by atoms with Crippen molar-refractivity contribution in [2.75, 3.05) is 32.8 Å². The predicted octanol–water partition coefficient (Wildman–Crippen LogP) is 0.259. The van der Waals surface area contributed by atoms with Crippen LogP contribution in [0.5, 0.6) is 0 Å². The quantitative estimate of drug-likeness (QED) is 0.840. The van der Waals surface area contributed by atoms with Crippen molar-refractivity contribution in [3.63, 3.8) is 0 Å². The average molecular weight is 302 g/mol. The van der Waals surface area contributed by atoms with Gasteiger partial charge in [0.1, 0.15) is 4.21 Å². The molecular formula is C12H18N2O3S2. The van der Waals surface area contributed by atoms with Crippen LogP contribution in [0.15, 0.2) is 16.3 Å². The van der Waals surface area contributed by atoms with Gasteiger partial charge in [0.05, 0.1) is 6.61 Å². The Morgan fingerprint density at radius 2 is 2.37 bits per heavy atom. The maximum atomic E-state index is 12.6. The fourth-order valence-corrected chi connectivity index (χ4v) is 6.08. The maximum Gasteiger partial charge on any atom is 0.252 e. The molecule has 19 heavy (non-hydrogen) atoms. The third-order valence-corrected chi connectivity index (χ3v) is 7.55. The minimum Gasteiger partial charge on any atom is -0.396 e. The molecule has 106 valence electrons.